The van der Waals surface area contributed by atoms with Crippen LogP contribution in [0.15, 0.2) is 12.1 Å². The predicted molar refractivity (Wildman–Crippen MR) is 83.5 cm³/mol. The van der Waals surface area contributed by atoms with E-state index in [2.05, 4.69) is 19.2 Å². The molecule has 21 heavy (non-hydrogen) atoms. The first-order valence-electron chi connectivity index (χ1n) is 7.84. The minimum atomic E-state index is -0.444. The summed E-state index contributed by atoms with van der Waals surface area (Å²) in [4.78, 5) is 1.86. The van der Waals surface area contributed by atoms with Crippen LogP contribution in [0.3, 0.4) is 0 Å². The Morgan fingerprint density at radius 2 is 1.81 bits per heavy atom. The van der Waals surface area contributed by atoms with E-state index in [1.165, 1.54) is 12.1 Å². The lowest BCUT2D eigenvalue weighted by Gasteiger charge is -2.22. The van der Waals surface area contributed by atoms with Gasteiger partial charge in [-0.1, -0.05) is 27.7 Å². The molecule has 0 spiro atoms. The van der Waals surface area contributed by atoms with Gasteiger partial charge >= 0.3 is 0 Å². The molecule has 118 valence electrons. The quantitative estimate of drug-likeness (QED) is 0.885. The Balaban J connectivity index is 2.14. The third-order valence-electron chi connectivity index (χ3n) is 4.27. The maximum atomic E-state index is 14.3. The molecule has 0 aliphatic carbocycles. The second-order valence-corrected chi connectivity index (χ2v) is 6.68. The summed E-state index contributed by atoms with van der Waals surface area (Å²) in [6, 6.07) is 3.20. The summed E-state index contributed by atoms with van der Waals surface area (Å²) < 4.78 is 28.6. The standard InChI is InChI=1S/C17H26F2N2/c1-11(2)14-5-6-21(10-14)17-15(18)7-13(8-16(17)19)9-20-12(3)4/h7-8,11-12,14,20H,5-6,9-10H2,1-4H3. The van der Waals surface area contributed by atoms with E-state index in [0.29, 0.717) is 30.0 Å². The van der Waals surface area contributed by atoms with Gasteiger partial charge in [0.05, 0.1) is 0 Å². The van der Waals surface area contributed by atoms with Crippen LogP contribution < -0.4 is 10.2 Å². The highest BCUT2D eigenvalue weighted by Crippen LogP contribution is 2.32. The highest BCUT2D eigenvalue weighted by atomic mass is 19.1. The lowest BCUT2D eigenvalue weighted by atomic mass is 9.95. The molecule has 1 aromatic rings. The van der Waals surface area contributed by atoms with Crippen LogP contribution in [0, 0.1) is 23.5 Å². The van der Waals surface area contributed by atoms with Crippen LogP contribution in [0.1, 0.15) is 39.7 Å². The van der Waals surface area contributed by atoms with E-state index >= 15 is 0 Å². The van der Waals surface area contributed by atoms with Crippen LogP contribution in [-0.2, 0) is 6.54 Å². The molecule has 0 bridgehead atoms. The molecule has 2 nitrogen and oxygen atoms in total. The number of nitrogens with one attached hydrogen (secondary N) is 1. The summed E-state index contributed by atoms with van der Waals surface area (Å²) in [6.45, 7) is 10.3. The Labute approximate surface area is 126 Å². The van der Waals surface area contributed by atoms with Crippen LogP contribution in [0.5, 0.6) is 0 Å². The molecule has 1 fully saturated rings. The van der Waals surface area contributed by atoms with Crippen molar-refractivity contribution in [3.63, 3.8) is 0 Å². The van der Waals surface area contributed by atoms with Crippen molar-refractivity contribution in [3.8, 4) is 0 Å². The van der Waals surface area contributed by atoms with E-state index in [4.69, 9.17) is 0 Å². The molecule has 1 N–H and O–H groups in total. The molecule has 1 aliphatic heterocycles. The molecule has 1 heterocycles. The van der Waals surface area contributed by atoms with Crippen molar-refractivity contribution in [2.45, 2.75) is 46.7 Å². The van der Waals surface area contributed by atoms with Gasteiger partial charge in [0.1, 0.15) is 17.3 Å². The van der Waals surface area contributed by atoms with Crippen molar-refractivity contribution in [1.29, 1.82) is 0 Å². The third-order valence-corrected chi connectivity index (χ3v) is 4.27. The summed E-state index contributed by atoms with van der Waals surface area (Å²) in [7, 11) is 0. The van der Waals surface area contributed by atoms with Crippen molar-refractivity contribution in [1.82, 2.24) is 5.32 Å². The number of nitrogens with zero attached hydrogens (tertiary/aromatic N) is 1. The fraction of sp³-hybridized carbons (Fsp3) is 0.647. The second-order valence-electron chi connectivity index (χ2n) is 6.68. The molecule has 0 amide bonds. The minimum absolute atomic E-state index is 0.145. The van der Waals surface area contributed by atoms with Crippen LogP contribution in [0.25, 0.3) is 0 Å². The van der Waals surface area contributed by atoms with Crippen molar-refractivity contribution in [2.24, 2.45) is 11.8 Å². The SMILES string of the molecule is CC(C)NCc1cc(F)c(N2CCC(C(C)C)C2)c(F)c1. The van der Waals surface area contributed by atoms with Gasteiger partial charge in [0.2, 0.25) is 0 Å². The van der Waals surface area contributed by atoms with Crippen molar-refractivity contribution in [2.75, 3.05) is 18.0 Å². The lowest BCUT2D eigenvalue weighted by molar-refractivity contribution is 0.422. The zero-order valence-corrected chi connectivity index (χ0v) is 13.4. The van der Waals surface area contributed by atoms with E-state index in [1.807, 2.05) is 18.7 Å². The number of rotatable bonds is 5. The lowest BCUT2D eigenvalue weighted by Crippen LogP contribution is -2.24. The third kappa shape index (κ3) is 3.94. The smallest absolute Gasteiger partial charge is 0.149 e. The van der Waals surface area contributed by atoms with Crippen LogP contribution in [0.2, 0.25) is 0 Å². The van der Waals surface area contributed by atoms with Gasteiger partial charge in [0.25, 0.3) is 0 Å². The molecule has 1 aromatic carbocycles. The Morgan fingerprint density at radius 1 is 1.19 bits per heavy atom. The van der Waals surface area contributed by atoms with Crippen LogP contribution >= 0.6 is 0 Å². The number of hydrogen-bond donors (Lipinski definition) is 1. The van der Waals surface area contributed by atoms with Crippen molar-refractivity contribution < 1.29 is 8.78 Å². The average Bonchev–Trinajstić information content (AvgIpc) is 2.85. The molecular weight excluding hydrogens is 270 g/mol. The van der Waals surface area contributed by atoms with E-state index in [-0.39, 0.29) is 5.69 Å². The molecule has 1 atom stereocenters. The topological polar surface area (TPSA) is 15.3 Å². The first-order chi connectivity index (χ1) is 9.88. The molecule has 2 rings (SSSR count). The highest BCUT2D eigenvalue weighted by molar-refractivity contribution is 5.51. The van der Waals surface area contributed by atoms with Gasteiger partial charge in [-0.25, -0.2) is 8.78 Å². The van der Waals surface area contributed by atoms with Crippen LogP contribution in [0.4, 0.5) is 14.5 Å². The Morgan fingerprint density at radius 3 is 2.29 bits per heavy atom. The van der Waals surface area contributed by atoms with E-state index < -0.39 is 11.6 Å². The van der Waals surface area contributed by atoms with Gasteiger partial charge in [-0.3, -0.25) is 0 Å². The summed E-state index contributed by atoms with van der Waals surface area (Å²) in [6.07, 6.45) is 1.01. The van der Waals surface area contributed by atoms with Gasteiger partial charge in [0, 0.05) is 25.7 Å². The maximum absolute atomic E-state index is 14.3. The summed E-state index contributed by atoms with van der Waals surface area (Å²) in [5.41, 5.74) is 0.800. The Hall–Kier alpha value is -1.16. The molecule has 1 unspecified atom stereocenters. The van der Waals surface area contributed by atoms with Gasteiger partial charge in [0.15, 0.2) is 0 Å². The highest BCUT2D eigenvalue weighted by Gasteiger charge is 2.28. The minimum Gasteiger partial charge on any atom is -0.366 e. The normalized spacial score (nSPS) is 19.0. The number of benzene rings is 1. The largest absolute Gasteiger partial charge is 0.366 e. The average molecular weight is 296 g/mol. The van der Waals surface area contributed by atoms with E-state index in [1.54, 1.807) is 0 Å². The van der Waals surface area contributed by atoms with E-state index in [9.17, 15) is 8.78 Å². The van der Waals surface area contributed by atoms with Crippen LogP contribution in [-0.4, -0.2) is 19.1 Å². The summed E-state index contributed by atoms with van der Waals surface area (Å²) in [5.74, 6) is 0.182. The predicted octanol–water partition coefficient (Wildman–Crippen LogP) is 3.95. The zero-order chi connectivity index (χ0) is 15.6. The first-order valence-corrected chi connectivity index (χ1v) is 7.84. The number of anilines is 1. The summed E-state index contributed by atoms with van der Waals surface area (Å²) in [5, 5.41) is 3.18. The van der Waals surface area contributed by atoms with Crippen molar-refractivity contribution >= 4 is 5.69 Å². The van der Waals surface area contributed by atoms with Gasteiger partial charge in [-0.2, -0.15) is 0 Å². The van der Waals surface area contributed by atoms with Gasteiger partial charge in [-0.15, -0.1) is 0 Å². The van der Waals surface area contributed by atoms with E-state index in [0.717, 1.165) is 19.5 Å². The molecule has 0 radical (unpaired) electrons. The van der Waals surface area contributed by atoms with Gasteiger partial charge < -0.3 is 10.2 Å². The molecule has 0 aromatic heterocycles. The first kappa shape index (κ1) is 16.2. The maximum Gasteiger partial charge on any atom is 0.149 e. The molecule has 0 saturated carbocycles. The molecule has 4 heteroatoms. The zero-order valence-electron chi connectivity index (χ0n) is 13.4. The monoisotopic (exact) mass is 296 g/mol. The Kier molecular flexibility index (Phi) is 5.20. The molecule has 1 saturated heterocycles. The molecule has 1 aliphatic rings. The van der Waals surface area contributed by atoms with Crippen molar-refractivity contribution in [3.05, 3.63) is 29.3 Å². The summed E-state index contributed by atoms with van der Waals surface area (Å²) >= 11 is 0. The second kappa shape index (κ2) is 6.73. The fourth-order valence-corrected chi connectivity index (χ4v) is 2.88. The Bertz CT molecular complexity index is 463. The number of halogens is 2. The fourth-order valence-electron chi connectivity index (χ4n) is 2.88. The number of hydrogen-bond acceptors (Lipinski definition) is 2. The molecular formula is C17H26F2N2. The van der Waals surface area contributed by atoms with Gasteiger partial charge in [-0.05, 0) is 36.0 Å².